The molecule has 0 aliphatic carbocycles. The number of aryl methyl sites for hydroxylation is 1. The Bertz CT molecular complexity index is 604. The van der Waals surface area contributed by atoms with E-state index in [0.29, 0.717) is 13.2 Å². The Balaban J connectivity index is 1.79. The molecule has 1 aromatic rings. The molecule has 0 bridgehead atoms. The highest BCUT2D eigenvalue weighted by Crippen LogP contribution is 2.31. The van der Waals surface area contributed by atoms with Crippen LogP contribution in [0.3, 0.4) is 0 Å². The summed E-state index contributed by atoms with van der Waals surface area (Å²) in [5.41, 5.74) is 1.65. The van der Waals surface area contributed by atoms with Gasteiger partial charge in [-0.2, -0.15) is 0 Å². The van der Waals surface area contributed by atoms with Crippen molar-refractivity contribution in [2.75, 3.05) is 40.4 Å². The molecule has 24 heavy (non-hydrogen) atoms. The molecular weight excluding hydrogens is 304 g/mol. The molecule has 1 aromatic carbocycles. The minimum atomic E-state index is -0.666. The zero-order valence-corrected chi connectivity index (χ0v) is 15.0. The minimum absolute atomic E-state index is 0.140. The lowest BCUT2D eigenvalue weighted by Crippen LogP contribution is -2.59. The van der Waals surface area contributed by atoms with Crippen LogP contribution in [-0.4, -0.2) is 61.7 Å². The average molecular weight is 332 g/mol. The summed E-state index contributed by atoms with van der Waals surface area (Å²) in [6.45, 7) is 5.78. The zero-order chi connectivity index (χ0) is 17.2. The summed E-state index contributed by atoms with van der Waals surface area (Å²) in [5.74, 6) is 1.09. The molecule has 0 aromatic heterocycles. The number of carbonyl (C=O) groups excluding carboxylic acids is 1. The van der Waals surface area contributed by atoms with Crippen molar-refractivity contribution in [3.63, 3.8) is 0 Å². The number of methoxy groups -OCH3 is 1. The van der Waals surface area contributed by atoms with Crippen LogP contribution in [0.15, 0.2) is 18.2 Å². The molecule has 1 atom stereocenters. The number of nitrogens with zero attached hydrogens (tertiary/aromatic N) is 2. The second kappa shape index (κ2) is 7.11. The van der Waals surface area contributed by atoms with Gasteiger partial charge in [0.25, 0.3) is 5.91 Å². The molecule has 0 radical (unpaired) electrons. The number of benzene rings is 1. The molecule has 2 aliphatic heterocycles. The van der Waals surface area contributed by atoms with Crippen molar-refractivity contribution < 1.29 is 14.3 Å². The highest BCUT2D eigenvalue weighted by Gasteiger charge is 2.45. The second-order valence-corrected chi connectivity index (χ2v) is 7.00. The molecule has 1 amide bonds. The first-order valence-electron chi connectivity index (χ1n) is 8.80. The number of carbonyl (C=O) groups is 1. The van der Waals surface area contributed by atoms with Crippen LogP contribution in [0.2, 0.25) is 0 Å². The van der Waals surface area contributed by atoms with Crippen molar-refractivity contribution in [2.45, 2.75) is 38.3 Å². The van der Waals surface area contributed by atoms with Gasteiger partial charge >= 0.3 is 0 Å². The first kappa shape index (κ1) is 17.2. The first-order valence-corrected chi connectivity index (χ1v) is 8.80. The van der Waals surface area contributed by atoms with Gasteiger partial charge in [-0.1, -0.05) is 18.2 Å². The Morgan fingerprint density at radius 3 is 2.92 bits per heavy atom. The van der Waals surface area contributed by atoms with E-state index in [1.165, 1.54) is 5.56 Å². The predicted molar refractivity (Wildman–Crippen MR) is 93.2 cm³/mol. The number of rotatable bonds is 3. The van der Waals surface area contributed by atoms with Crippen molar-refractivity contribution in [1.29, 1.82) is 0 Å². The lowest BCUT2D eigenvalue weighted by atomic mass is 9.94. The van der Waals surface area contributed by atoms with Gasteiger partial charge in [0.1, 0.15) is 5.75 Å². The van der Waals surface area contributed by atoms with Gasteiger partial charge in [0.2, 0.25) is 0 Å². The number of likely N-dealkylation sites (N-methyl/N-ethyl adjacent to an activating group) is 1. The van der Waals surface area contributed by atoms with Crippen molar-refractivity contribution in [3.8, 4) is 5.75 Å². The van der Waals surface area contributed by atoms with E-state index in [4.69, 9.17) is 9.47 Å². The van der Waals surface area contributed by atoms with E-state index >= 15 is 0 Å². The average Bonchev–Trinajstić information content (AvgIpc) is 2.70. The van der Waals surface area contributed by atoms with E-state index in [0.717, 1.165) is 50.2 Å². The third-order valence-electron chi connectivity index (χ3n) is 5.22. The molecule has 0 saturated carbocycles. The van der Waals surface area contributed by atoms with Crippen LogP contribution in [0.25, 0.3) is 0 Å². The van der Waals surface area contributed by atoms with E-state index in [9.17, 15) is 4.79 Å². The zero-order valence-electron chi connectivity index (χ0n) is 15.0. The van der Waals surface area contributed by atoms with Gasteiger partial charge in [0, 0.05) is 38.8 Å². The Labute approximate surface area is 144 Å². The van der Waals surface area contributed by atoms with Gasteiger partial charge in [0.15, 0.2) is 5.60 Å². The Hall–Kier alpha value is -1.59. The molecule has 132 valence electrons. The summed E-state index contributed by atoms with van der Waals surface area (Å²) < 4.78 is 11.6. The molecule has 3 rings (SSSR count). The summed E-state index contributed by atoms with van der Waals surface area (Å²) in [5, 5.41) is 0. The van der Waals surface area contributed by atoms with Crippen LogP contribution in [0.5, 0.6) is 5.75 Å². The topological polar surface area (TPSA) is 42.0 Å². The normalized spacial score (nSPS) is 25.8. The van der Waals surface area contributed by atoms with Gasteiger partial charge in [0.05, 0.1) is 13.7 Å². The Morgan fingerprint density at radius 2 is 2.12 bits per heavy atom. The largest absolute Gasteiger partial charge is 0.496 e. The lowest BCUT2D eigenvalue weighted by molar-refractivity contribution is -0.169. The molecule has 5 heteroatoms. The fourth-order valence-corrected chi connectivity index (χ4v) is 3.96. The Morgan fingerprint density at radius 1 is 1.29 bits per heavy atom. The molecule has 2 saturated heterocycles. The standard InChI is InChI=1S/C19H28N2O3/c1-15-7-6-8-16(17(15)23-3)13-21-11-12-24-19(14-21)9-4-5-10-20(2)18(19)22/h6-8H,4-5,9-14H2,1-3H3. The molecule has 2 aliphatic rings. The van der Waals surface area contributed by atoms with Gasteiger partial charge < -0.3 is 14.4 Å². The minimum Gasteiger partial charge on any atom is -0.496 e. The molecule has 1 spiro atoms. The predicted octanol–water partition coefficient (Wildman–Crippen LogP) is 2.22. The van der Waals surface area contributed by atoms with E-state index < -0.39 is 5.60 Å². The van der Waals surface area contributed by atoms with Crippen LogP contribution in [-0.2, 0) is 16.1 Å². The van der Waals surface area contributed by atoms with Crippen LogP contribution < -0.4 is 4.74 Å². The summed E-state index contributed by atoms with van der Waals surface area (Å²) in [6.07, 6.45) is 2.91. The van der Waals surface area contributed by atoms with Gasteiger partial charge in [-0.15, -0.1) is 0 Å². The number of ether oxygens (including phenoxy) is 2. The number of hydrogen-bond donors (Lipinski definition) is 0. The van der Waals surface area contributed by atoms with Crippen LogP contribution in [0, 0.1) is 6.92 Å². The fraction of sp³-hybridized carbons (Fsp3) is 0.632. The number of para-hydroxylation sites is 1. The van der Waals surface area contributed by atoms with Crippen molar-refractivity contribution in [3.05, 3.63) is 29.3 Å². The monoisotopic (exact) mass is 332 g/mol. The maximum absolute atomic E-state index is 12.8. The number of amides is 1. The maximum atomic E-state index is 12.8. The Kier molecular flexibility index (Phi) is 5.11. The SMILES string of the molecule is COc1c(C)cccc1CN1CCOC2(CCCCN(C)C2=O)C1. The third-order valence-corrected chi connectivity index (χ3v) is 5.22. The van der Waals surface area contributed by atoms with Crippen LogP contribution in [0.1, 0.15) is 30.4 Å². The van der Waals surface area contributed by atoms with Gasteiger partial charge in [-0.3, -0.25) is 9.69 Å². The molecule has 0 N–H and O–H groups in total. The highest BCUT2D eigenvalue weighted by molar-refractivity contribution is 5.85. The maximum Gasteiger partial charge on any atom is 0.255 e. The van der Waals surface area contributed by atoms with E-state index in [1.54, 1.807) is 7.11 Å². The fourth-order valence-electron chi connectivity index (χ4n) is 3.96. The number of hydrogen-bond acceptors (Lipinski definition) is 4. The van der Waals surface area contributed by atoms with E-state index in [2.05, 4.69) is 30.0 Å². The summed E-state index contributed by atoms with van der Waals surface area (Å²) in [6, 6.07) is 6.23. The number of morpholine rings is 1. The third kappa shape index (κ3) is 3.28. The van der Waals surface area contributed by atoms with Gasteiger partial charge in [-0.25, -0.2) is 0 Å². The van der Waals surface area contributed by atoms with E-state index in [-0.39, 0.29) is 5.91 Å². The highest BCUT2D eigenvalue weighted by atomic mass is 16.5. The summed E-state index contributed by atoms with van der Waals surface area (Å²) >= 11 is 0. The lowest BCUT2D eigenvalue weighted by Gasteiger charge is -2.42. The molecule has 2 heterocycles. The second-order valence-electron chi connectivity index (χ2n) is 7.00. The molecular formula is C19H28N2O3. The quantitative estimate of drug-likeness (QED) is 0.851. The molecule has 5 nitrogen and oxygen atoms in total. The molecule has 1 unspecified atom stereocenters. The van der Waals surface area contributed by atoms with Crippen molar-refractivity contribution in [1.82, 2.24) is 9.80 Å². The first-order chi connectivity index (χ1) is 11.6. The van der Waals surface area contributed by atoms with Gasteiger partial charge in [-0.05, 0) is 31.7 Å². The van der Waals surface area contributed by atoms with Crippen molar-refractivity contribution >= 4 is 5.91 Å². The number of likely N-dealkylation sites (tertiary alicyclic amines) is 1. The van der Waals surface area contributed by atoms with E-state index in [1.807, 2.05) is 11.9 Å². The smallest absolute Gasteiger partial charge is 0.255 e. The summed E-state index contributed by atoms with van der Waals surface area (Å²) in [7, 11) is 3.61. The summed E-state index contributed by atoms with van der Waals surface area (Å²) in [4.78, 5) is 17.0. The van der Waals surface area contributed by atoms with Crippen LogP contribution >= 0.6 is 0 Å². The molecule has 2 fully saturated rings. The van der Waals surface area contributed by atoms with Crippen LogP contribution in [0.4, 0.5) is 0 Å². The van der Waals surface area contributed by atoms with Crippen molar-refractivity contribution in [2.24, 2.45) is 0 Å².